The molecule has 0 heterocycles. The molecule has 0 aromatic heterocycles. The Balaban J connectivity index is 3.50. The predicted molar refractivity (Wildman–Crippen MR) is 52.8 cm³/mol. The van der Waals surface area contributed by atoms with Crippen LogP contribution in [0.15, 0.2) is 0 Å². The average molecular weight is 202 g/mol. The van der Waals surface area contributed by atoms with Crippen molar-refractivity contribution in [2.24, 2.45) is 5.73 Å². The molecule has 0 aromatic rings. The predicted octanol–water partition coefficient (Wildman–Crippen LogP) is 0.0948. The zero-order valence-electron chi connectivity index (χ0n) is 8.45. The minimum absolute atomic E-state index is 0.151. The van der Waals surface area contributed by atoms with E-state index in [2.05, 4.69) is 12.2 Å². The highest BCUT2D eigenvalue weighted by Gasteiger charge is 2.15. The van der Waals surface area contributed by atoms with Gasteiger partial charge in [0.15, 0.2) is 0 Å². The molecule has 0 rings (SSSR count). The van der Waals surface area contributed by atoms with Crippen molar-refractivity contribution in [1.29, 1.82) is 0 Å². The molecule has 0 saturated heterocycles. The Labute approximate surface area is 83.7 Å². The van der Waals surface area contributed by atoms with Crippen LogP contribution < -0.4 is 11.1 Å². The normalized spacial score (nSPS) is 12.1. The van der Waals surface area contributed by atoms with E-state index in [9.17, 15) is 9.59 Å². The van der Waals surface area contributed by atoms with Crippen LogP contribution in [-0.4, -0.2) is 29.6 Å². The van der Waals surface area contributed by atoms with Crippen molar-refractivity contribution in [3.63, 3.8) is 0 Å². The number of nitrogens with one attached hydrogen (secondary N) is 1. The first kappa shape index (κ1) is 12.9. The van der Waals surface area contributed by atoms with Gasteiger partial charge in [-0.2, -0.15) is 0 Å². The van der Waals surface area contributed by atoms with Crippen LogP contribution in [0, 0.1) is 0 Å². The summed E-state index contributed by atoms with van der Waals surface area (Å²) in [5.41, 5.74) is 5.19. The van der Waals surface area contributed by atoms with Gasteiger partial charge in [0.05, 0.1) is 6.42 Å². The number of carboxylic acid groups (broad SMARTS) is 1. The lowest BCUT2D eigenvalue weighted by molar-refractivity contribution is -0.140. The summed E-state index contributed by atoms with van der Waals surface area (Å²) >= 11 is 0. The van der Waals surface area contributed by atoms with Crippen LogP contribution in [-0.2, 0) is 9.59 Å². The van der Waals surface area contributed by atoms with Crippen LogP contribution in [0.4, 0.5) is 0 Å². The second-order valence-electron chi connectivity index (χ2n) is 3.21. The molecule has 14 heavy (non-hydrogen) atoms. The van der Waals surface area contributed by atoms with Gasteiger partial charge in [-0.15, -0.1) is 0 Å². The van der Waals surface area contributed by atoms with Crippen LogP contribution in [0.2, 0.25) is 0 Å². The second-order valence-corrected chi connectivity index (χ2v) is 3.21. The molecule has 1 unspecified atom stereocenters. The van der Waals surface area contributed by atoms with Crippen molar-refractivity contribution >= 4 is 11.9 Å². The molecular weight excluding hydrogens is 184 g/mol. The molecule has 0 aliphatic rings. The van der Waals surface area contributed by atoms with Crippen molar-refractivity contribution < 1.29 is 14.7 Å². The largest absolute Gasteiger partial charge is 0.480 e. The molecule has 0 radical (unpaired) electrons. The Hall–Kier alpha value is -1.10. The molecule has 5 heteroatoms. The van der Waals surface area contributed by atoms with E-state index in [0.29, 0.717) is 6.54 Å². The van der Waals surface area contributed by atoms with Gasteiger partial charge in [0.2, 0.25) is 5.91 Å². The van der Waals surface area contributed by atoms with Crippen LogP contribution in [0.3, 0.4) is 0 Å². The summed E-state index contributed by atoms with van der Waals surface area (Å²) < 4.78 is 0. The molecule has 0 aromatic carbocycles. The number of rotatable bonds is 7. The van der Waals surface area contributed by atoms with Gasteiger partial charge in [0.1, 0.15) is 6.04 Å². The third-order valence-electron chi connectivity index (χ3n) is 1.83. The van der Waals surface area contributed by atoms with Crippen molar-refractivity contribution in [2.75, 3.05) is 6.54 Å². The van der Waals surface area contributed by atoms with E-state index < -0.39 is 12.0 Å². The molecule has 0 spiro atoms. The number of nitrogens with two attached hydrogens (primary N) is 1. The van der Waals surface area contributed by atoms with Crippen LogP contribution in [0.5, 0.6) is 0 Å². The Morgan fingerprint density at radius 1 is 1.43 bits per heavy atom. The van der Waals surface area contributed by atoms with Crippen LogP contribution in [0.25, 0.3) is 0 Å². The SMILES string of the molecule is CCCCCNC(=O)CC(N)C(=O)O. The molecule has 0 aliphatic carbocycles. The quantitative estimate of drug-likeness (QED) is 0.510. The first-order chi connectivity index (χ1) is 6.57. The minimum Gasteiger partial charge on any atom is -0.480 e. The van der Waals surface area contributed by atoms with Gasteiger partial charge < -0.3 is 16.2 Å². The van der Waals surface area contributed by atoms with E-state index >= 15 is 0 Å². The number of carbonyl (C=O) groups is 2. The molecule has 5 nitrogen and oxygen atoms in total. The highest BCUT2D eigenvalue weighted by molar-refractivity contribution is 5.84. The fourth-order valence-corrected chi connectivity index (χ4v) is 0.962. The number of hydrogen-bond donors (Lipinski definition) is 3. The molecule has 0 aliphatic heterocycles. The standard InChI is InChI=1S/C9H18N2O3/c1-2-3-4-5-11-8(12)6-7(10)9(13)14/h7H,2-6,10H2,1H3,(H,11,12)(H,13,14). The van der Waals surface area contributed by atoms with Gasteiger partial charge in [0, 0.05) is 6.54 Å². The van der Waals surface area contributed by atoms with Crippen LogP contribution in [0.1, 0.15) is 32.6 Å². The van der Waals surface area contributed by atoms with Gasteiger partial charge in [-0.1, -0.05) is 19.8 Å². The zero-order valence-corrected chi connectivity index (χ0v) is 8.45. The summed E-state index contributed by atoms with van der Waals surface area (Å²) in [6.45, 7) is 2.67. The molecule has 1 atom stereocenters. The molecule has 1 amide bonds. The summed E-state index contributed by atoms with van der Waals surface area (Å²) in [5.74, 6) is -1.44. The Morgan fingerprint density at radius 3 is 2.57 bits per heavy atom. The van der Waals surface area contributed by atoms with E-state index in [1.54, 1.807) is 0 Å². The smallest absolute Gasteiger partial charge is 0.321 e. The number of hydrogen-bond acceptors (Lipinski definition) is 3. The zero-order chi connectivity index (χ0) is 11.0. The maximum atomic E-state index is 11.1. The first-order valence-electron chi connectivity index (χ1n) is 4.83. The number of amides is 1. The summed E-state index contributed by atoms with van der Waals surface area (Å²) in [5, 5.41) is 11.1. The molecule has 0 fully saturated rings. The maximum absolute atomic E-state index is 11.1. The number of carboxylic acids is 1. The van der Waals surface area contributed by atoms with Gasteiger partial charge in [-0.3, -0.25) is 9.59 Å². The van der Waals surface area contributed by atoms with Crippen molar-refractivity contribution in [3.05, 3.63) is 0 Å². The van der Waals surface area contributed by atoms with Crippen molar-refractivity contribution in [1.82, 2.24) is 5.32 Å². The first-order valence-corrected chi connectivity index (χ1v) is 4.83. The van der Waals surface area contributed by atoms with E-state index in [0.717, 1.165) is 19.3 Å². The Bertz CT molecular complexity index is 194. The summed E-state index contributed by atoms with van der Waals surface area (Å²) in [6, 6.07) is -1.10. The Morgan fingerprint density at radius 2 is 2.07 bits per heavy atom. The van der Waals surface area contributed by atoms with E-state index in [-0.39, 0.29) is 12.3 Å². The monoisotopic (exact) mass is 202 g/mol. The summed E-state index contributed by atoms with van der Waals surface area (Å²) in [6.07, 6.45) is 2.92. The third kappa shape index (κ3) is 6.42. The average Bonchev–Trinajstić information content (AvgIpc) is 2.12. The summed E-state index contributed by atoms with van der Waals surface area (Å²) in [4.78, 5) is 21.4. The summed E-state index contributed by atoms with van der Waals surface area (Å²) in [7, 11) is 0. The van der Waals surface area contributed by atoms with Gasteiger partial charge in [-0.25, -0.2) is 0 Å². The lowest BCUT2D eigenvalue weighted by atomic mass is 10.2. The van der Waals surface area contributed by atoms with E-state index in [1.165, 1.54) is 0 Å². The van der Waals surface area contributed by atoms with E-state index in [1.807, 2.05) is 0 Å². The molecule has 0 bridgehead atoms. The molecule has 82 valence electrons. The number of aliphatic carboxylic acids is 1. The fourth-order valence-electron chi connectivity index (χ4n) is 0.962. The molecular formula is C9H18N2O3. The van der Waals surface area contributed by atoms with Gasteiger partial charge >= 0.3 is 5.97 Å². The molecule has 0 saturated carbocycles. The van der Waals surface area contributed by atoms with Crippen molar-refractivity contribution in [2.45, 2.75) is 38.6 Å². The maximum Gasteiger partial charge on any atom is 0.321 e. The van der Waals surface area contributed by atoms with Gasteiger partial charge in [0.25, 0.3) is 0 Å². The van der Waals surface area contributed by atoms with Crippen LogP contribution >= 0.6 is 0 Å². The Kier molecular flexibility index (Phi) is 6.74. The fraction of sp³-hybridized carbons (Fsp3) is 0.778. The highest BCUT2D eigenvalue weighted by Crippen LogP contribution is 1.92. The second kappa shape index (κ2) is 7.32. The highest BCUT2D eigenvalue weighted by atomic mass is 16.4. The third-order valence-corrected chi connectivity index (χ3v) is 1.83. The number of unbranched alkanes of at least 4 members (excludes halogenated alkanes) is 2. The van der Waals surface area contributed by atoms with Crippen molar-refractivity contribution in [3.8, 4) is 0 Å². The van der Waals surface area contributed by atoms with E-state index in [4.69, 9.17) is 10.8 Å². The lowest BCUT2D eigenvalue weighted by Crippen LogP contribution is -2.37. The topological polar surface area (TPSA) is 92.4 Å². The lowest BCUT2D eigenvalue weighted by Gasteiger charge is -2.07. The molecule has 4 N–H and O–H groups in total. The minimum atomic E-state index is -1.14. The number of carbonyl (C=O) groups excluding carboxylic acids is 1. The van der Waals surface area contributed by atoms with Gasteiger partial charge in [-0.05, 0) is 6.42 Å².